The number of rotatable bonds is 1. The smallest absolute Gasteiger partial charge is 0.293 e. The van der Waals surface area contributed by atoms with Gasteiger partial charge in [-0.3, -0.25) is 4.79 Å². The molecule has 0 bridgehead atoms. The fourth-order valence-electron chi connectivity index (χ4n) is 0.942. The molecule has 4 nitrogen and oxygen atoms in total. The van der Waals surface area contributed by atoms with Crippen LogP contribution in [0.3, 0.4) is 0 Å². The van der Waals surface area contributed by atoms with E-state index in [2.05, 4.69) is 22.3 Å². The number of piperazine rings is 1. The lowest BCUT2D eigenvalue weighted by Gasteiger charge is -2.19. The quantitative estimate of drug-likeness (QED) is 0.609. The van der Waals surface area contributed by atoms with Gasteiger partial charge in [0.25, 0.3) is 6.47 Å². The van der Waals surface area contributed by atoms with E-state index >= 15 is 0 Å². The van der Waals surface area contributed by atoms with Crippen LogP contribution in [0.25, 0.3) is 0 Å². The predicted molar refractivity (Wildman–Crippen MR) is 57.2 cm³/mol. The van der Waals surface area contributed by atoms with Crippen LogP contribution in [0.15, 0.2) is 0 Å². The summed E-state index contributed by atoms with van der Waals surface area (Å²) in [6, 6.07) is 0.675. The van der Waals surface area contributed by atoms with Gasteiger partial charge in [0.05, 0.1) is 0 Å². The minimum Gasteiger partial charge on any atom is -0.462 e. The monoisotopic (exact) mass is 202 g/mol. The van der Waals surface area contributed by atoms with Crippen molar-refractivity contribution in [3.05, 3.63) is 0 Å². The maximum Gasteiger partial charge on any atom is 0.293 e. The van der Waals surface area contributed by atoms with E-state index in [9.17, 15) is 4.79 Å². The van der Waals surface area contributed by atoms with Gasteiger partial charge < -0.3 is 15.4 Å². The summed E-state index contributed by atoms with van der Waals surface area (Å²) in [5.74, 6) is 0. The van der Waals surface area contributed by atoms with Gasteiger partial charge in [0.15, 0.2) is 0 Å². The standard InChI is InChI=1S/C5H12N2.C5H10O2/c1-5-4-6-2-3-7-5;1-5(2,3)7-4-6/h5-7H,2-4H2,1H3;4H,1-3H3/t5-;/m1./s1. The van der Waals surface area contributed by atoms with Crippen LogP contribution in [0.1, 0.15) is 27.7 Å². The number of carbonyl (C=O) groups is 1. The fraction of sp³-hybridized carbons (Fsp3) is 0.900. The number of nitrogens with one attached hydrogen (secondary N) is 2. The van der Waals surface area contributed by atoms with Gasteiger partial charge in [0, 0.05) is 25.7 Å². The first-order chi connectivity index (χ1) is 6.45. The third kappa shape index (κ3) is 9.48. The number of hydrogen-bond acceptors (Lipinski definition) is 4. The van der Waals surface area contributed by atoms with Crippen LogP contribution in [0, 0.1) is 0 Å². The Morgan fingerprint density at radius 1 is 1.36 bits per heavy atom. The van der Waals surface area contributed by atoms with E-state index in [1.54, 1.807) is 0 Å². The molecule has 84 valence electrons. The minimum atomic E-state index is -0.318. The molecule has 2 N–H and O–H groups in total. The van der Waals surface area contributed by atoms with Gasteiger partial charge in [-0.05, 0) is 27.7 Å². The van der Waals surface area contributed by atoms with Crippen LogP contribution in [-0.2, 0) is 9.53 Å². The average molecular weight is 202 g/mol. The highest BCUT2D eigenvalue weighted by atomic mass is 16.5. The molecule has 1 fully saturated rings. The molecule has 0 radical (unpaired) electrons. The van der Waals surface area contributed by atoms with E-state index in [0.717, 1.165) is 19.6 Å². The zero-order chi connectivity index (χ0) is 11.0. The van der Waals surface area contributed by atoms with Crippen molar-refractivity contribution >= 4 is 6.47 Å². The molecule has 1 aliphatic rings. The second-order valence-electron chi connectivity index (χ2n) is 4.39. The topological polar surface area (TPSA) is 50.4 Å². The van der Waals surface area contributed by atoms with Crippen molar-refractivity contribution in [1.82, 2.24) is 10.6 Å². The molecule has 1 atom stereocenters. The van der Waals surface area contributed by atoms with Crippen LogP contribution in [0.4, 0.5) is 0 Å². The first kappa shape index (κ1) is 13.4. The van der Waals surface area contributed by atoms with Crippen molar-refractivity contribution in [2.24, 2.45) is 0 Å². The minimum absolute atomic E-state index is 0.318. The van der Waals surface area contributed by atoms with Crippen LogP contribution in [0.5, 0.6) is 0 Å². The summed E-state index contributed by atoms with van der Waals surface area (Å²) in [6.07, 6.45) is 0. The third-order valence-corrected chi connectivity index (χ3v) is 1.65. The highest BCUT2D eigenvalue weighted by Gasteiger charge is 2.07. The molecule has 14 heavy (non-hydrogen) atoms. The highest BCUT2D eigenvalue weighted by Crippen LogP contribution is 2.02. The molecule has 0 spiro atoms. The first-order valence-corrected chi connectivity index (χ1v) is 5.01. The van der Waals surface area contributed by atoms with Crippen molar-refractivity contribution in [3.63, 3.8) is 0 Å². The average Bonchev–Trinajstić information content (AvgIpc) is 2.04. The summed E-state index contributed by atoms with van der Waals surface area (Å²) in [5, 5.41) is 6.59. The molecule has 4 heteroatoms. The van der Waals surface area contributed by atoms with Gasteiger partial charge in [-0.15, -0.1) is 0 Å². The Balaban J connectivity index is 0.000000241. The Hall–Kier alpha value is -0.610. The van der Waals surface area contributed by atoms with Gasteiger partial charge in [0.1, 0.15) is 5.60 Å². The second kappa shape index (κ2) is 6.79. The van der Waals surface area contributed by atoms with E-state index in [0.29, 0.717) is 12.5 Å². The van der Waals surface area contributed by atoms with Crippen LogP contribution < -0.4 is 10.6 Å². The predicted octanol–water partition coefficient (Wildman–Crippen LogP) is 0.526. The Morgan fingerprint density at radius 3 is 2.14 bits per heavy atom. The lowest BCUT2D eigenvalue weighted by atomic mass is 10.2. The Kier molecular flexibility index (Phi) is 6.49. The molecule has 1 rings (SSSR count). The summed E-state index contributed by atoms with van der Waals surface area (Å²) in [4.78, 5) is 9.60. The highest BCUT2D eigenvalue weighted by molar-refractivity contribution is 5.37. The molecular weight excluding hydrogens is 180 g/mol. The van der Waals surface area contributed by atoms with Crippen LogP contribution in [0.2, 0.25) is 0 Å². The number of ether oxygens (including phenoxy) is 1. The first-order valence-electron chi connectivity index (χ1n) is 5.01. The summed E-state index contributed by atoms with van der Waals surface area (Å²) < 4.78 is 4.55. The van der Waals surface area contributed by atoms with E-state index in [-0.39, 0.29) is 5.60 Å². The van der Waals surface area contributed by atoms with Gasteiger partial charge in [-0.1, -0.05) is 0 Å². The Bertz CT molecular complexity index is 149. The molecule has 0 aromatic rings. The Labute approximate surface area is 86.4 Å². The van der Waals surface area contributed by atoms with Crippen molar-refractivity contribution in [2.75, 3.05) is 19.6 Å². The summed E-state index contributed by atoms with van der Waals surface area (Å²) in [5.41, 5.74) is -0.318. The second-order valence-corrected chi connectivity index (χ2v) is 4.39. The summed E-state index contributed by atoms with van der Waals surface area (Å²) in [6.45, 7) is 11.5. The molecule has 0 saturated carbocycles. The molecule has 1 aliphatic heterocycles. The van der Waals surface area contributed by atoms with Crippen molar-refractivity contribution in [2.45, 2.75) is 39.3 Å². The van der Waals surface area contributed by atoms with Gasteiger partial charge in [0.2, 0.25) is 0 Å². The molecule has 1 saturated heterocycles. The molecule has 0 unspecified atom stereocenters. The molecule has 0 aromatic heterocycles. The zero-order valence-corrected chi connectivity index (χ0v) is 9.59. The van der Waals surface area contributed by atoms with E-state index in [4.69, 9.17) is 0 Å². The normalized spacial score (nSPS) is 21.9. The van der Waals surface area contributed by atoms with Crippen molar-refractivity contribution in [3.8, 4) is 0 Å². The third-order valence-electron chi connectivity index (χ3n) is 1.65. The molecule has 1 heterocycles. The van der Waals surface area contributed by atoms with E-state index < -0.39 is 0 Å². The van der Waals surface area contributed by atoms with Gasteiger partial charge in [-0.2, -0.15) is 0 Å². The van der Waals surface area contributed by atoms with Crippen LogP contribution in [-0.4, -0.2) is 37.7 Å². The lowest BCUT2D eigenvalue weighted by molar-refractivity contribution is -0.138. The van der Waals surface area contributed by atoms with E-state index in [1.807, 2.05) is 20.8 Å². The molecule has 0 aliphatic carbocycles. The maximum absolute atomic E-state index is 9.60. The zero-order valence-electron chi connectivity index (χ0n) is 9.59. The van der Waals surface area contributed by atoms with E-state index in [1.165, 1.54) is 0 Å². The molecule has 0 aromatic carbocycles. The fourth-order valence-corrected chi connectivity index (χ4v) is 0.942. The molecular formula is C10H22N2O2. The van der Waals surface area contributed by atoms with Gasteiger partial charge in [-0.25, -0.2) is 0 Å². The van der Waals surface area contributed by atoms with Crippen LogP contribution >= 0.6 is 0 Å². The largest absolute Gasteiger partial charge is 0.462 e. The Morgan fingerprint density at radius 2 is 2.00 bits per heavy atom. The summed E-state index contributed by atoms with van der Waals surface area (Å²) in [7, 11) is 0. The maximum atomic E-state index is 9.60. The van der Waals surface area contributed by atoms with Gasteiger partial charge >= 0.3 is 0 Å². The SMILES string of the molecule is CC(C)(C)OC=O.C[C@@H]1CNCCN1. The van der Waals surface area contributed by atoms with Crippen molar-refractivity contribution < 1.29 is 9.53 Å². The number of carbonyl (C=O) groups excluding carboxylic acids is 1. The van der Waals surface area contributed by atoms with Crippen molar-refractivity contribution in [1.29, 1.82) is 0 Å². The summed E-state index contributed by atoms with van der Waals surface area (Å²) >= 11 is 0. The number of hydrogen-bond donors (Lipinski definition) is 2. The molecule has 0 amide bonds. The lowest BCUT2D eigenvalue weighted by Crippen LogP contribution is -2.46.